The molecule has 1 unspecified atom stereocenters. The van der Waals surface area contributed by atoms with Crippen LogP contribution in [0.5, 0.6) is 0 Å². The Morgan fingerprint density at radius 1 is 1.19 bits per heavy atom. The van der Waals surface area contributed by atoms with Gasteiger partial charge in [-0.2, -0.15) is 4.98 Å². The van der Waals surface area contributed by atoms with E-state index in [4.69, 9.17) is 8.94 Å². The molecule has 0 radical (unpaired) electrons. The molecule has 3 heterocycles. The summed E-state index contributed by atoms with van der Waals surface area (Å²) in [4.78, 5) is 11.2. The molecule has 0 aliphatic carbocycles. The van der Waals surface area contributed by atoms with Crippen LogP contribution in [0.1, 0.15) is 29.2 Å². The third-order valence-electron chi connectivity index (χ3n) is 4.74. The maximum atomic E-state index is 5.85. The first-order chi connectivity index (χ1) is 12.7. The van der Waals surface area contributed by atoms with Crippen molar-refractivity contribution in [2.75, 3.05) is 26.7 Å². The summed E-state index contributed by atoms with van der Waals surface area (Å²) in [5.41, 5.74) is 2.25. The highest BCUT2D eigenvalue weighted by atomic mass is 16.5. The minimum Gasteiger partial charge on any atom is -0.441 e. The summed E-state index contributed by atoms with van der Waals surface area (Å²) in [7, 11) is 2.08. The van der Waals surface area contributed by atoms with Crippen LogP contribution >= 0.6 is 0 Å². The molecule has 1 atom stereocenters. The summed E-state index contributed by atoms with van der Waals surface area (Å²) in [5.74, 6) is 2.81. The Balaban J connectivity index is 1.38. The Morgan fingerprint density at radius 3 is 2.81 bits per heavy atom. The summed E-state index contributed by atoms with van der Waals surface area (Å²) in [6.07, 6.45) is 3.01. The number of aromatic nitrogens is 3. The Morgan fingerprint density at radius 2 is 2.00 bits per heavy atom. The SMILES string of the molecule is Cc1ccc(-c2cnc(CCc3nc(C4CNCCN4C)no3)o2)cc1. The van der Waals surface area contributed by atoms with Crippen molar-refractivity contribution in [2.24, 2.45) is 0 Å². The van der Waals surface area contributed by atoms with Gasteiger partial charge in [0.25, 0.3) is 0 Å². The summed E-state index contributed by atoms with van der Waals surface area (Å²) in [5, 5.41) is 7.51. The number of likely N-dealkylation sites (N-methyl/N-ethyl adjacent to an activating group) is 1. The molecule has 1 fully saturated rings. The fourth-order valence-electron chi connectivity index (χ4n) is 3.09. The molecular weight excluding hydrogens is 330 g/mol. The van der Waals surface area contributed by atoms with E-state index in [0.29, 0.717) is 24.6 Å². The number of hydrogen-bond acceptors (Lipinski definition) is 7. The van der Waals surface area contributed by atoms with Gasteiger partial charge in [0, 0.05) is 38.0 Å². The van der Waals surface area contributed by atoms with Crippen molar-refractivity contribution in [1.82, 2.24) is 25.3 Å². The molecule has 3 aromatic rings. The van der Waals surface area contributed by atoms with E-state index in [1.165, 1.54) is 5.56 Å². The predicted octanol–water partition coefficient (Wildman–Crippen LogP) is 2.39. The largest absolute Gasteiger partial charge is 0.441 e. The van der Waals surface area contributed by atoms with E-state index in [-0.39, 0.29) is 6.04 Å². The molecule has 1 aliphatic heterocycles. The lowest BCUT2D eigenvalue weighted by Crippen LogP contribution is -2.44. The molecule has 136 valence electrons. The second-order valence-electron chi connectivity index (χ2n) is 6.73. The molecule has 7 heteroatoms. The highest BCUT2D eigenvalue weighted by Crippen LogP contribution is 2.22. The molecule has 2 aromatic heterocycles. The highest BCUT2D eigenvalue weighted by molar-refractivity contribution is 5.56. The molecule has 7 nitrogen and oxygen atoms in total. The molecule has 26 heavy (non-hydrogen) atoms. The minimum atomic E-state index is 0.163. The van der Waals surface area contributed by atoms with Crippen molar-refractivity contribution in [2.45, 2.75) is 25.8 Å². The molecule has 4 rings (SSSR count). The van der Waals surface area contributed by atoms with Crippen molar-refractivity contribution in [3.63, 3.8) is 0 Å². The van der Waals surface area contributed by atoms with Crippen molar-refractivity contribution < 1.29 is 8.94 Å². The molecule has 0 spiro atoms. The summed E-state index contributed by atoms with van der Waals surface area (Å²) in [6.45, 7) is 4.88. The van der Waals surface area contributed by atoms with E-state index >= 15 is 0 Å². The van der Waals surface area contributed by atoms with Crippen LogP contribution in [-0.4, -0.2) is 46.7 Å². The maximum Gasteiger partial charge on any atom is 0.227 e. The monoisotopic (exact) mass is 353 g/mol. The zero-order chi connectivity index (χ0) is 17.9. The molecule has 1 aromatic carbocycles. The van der Waals surface area contributed by atoms with Gasteiger partial charge < -0.3 is 14.3 Å². The maximum absolute atomic E-state index is 5.85. The van der Waals surface area contributed by atoms with Gasteiger partial charge in [0.15, 0.2) is 17.5 Å². The van der Waals surface area contributed by atoms with Gasteiger partial charge in [0.05, 0.1) is 12.2 Å². The third kappa shape index (κ3) is 3.68. The second kappa shape index (κ2) is 7.39. The topological polar surface area (TPSA) is 80.2 Å². The number of benzene rings is 1. The molecule has 0 amide bonds. The average molecular weight is 353 g/mol. The van der Waals surface area contributed by atoms with Crippen LogP contribution in [-0.2, 0) is 12.8 Å². The molecule has 0 saturated carbocycles. The highest BCUT2D eigenvalue weighted by Gasteiger charge is 2.25. The van der Waals surface area contributed by atoms with Gasteiger partial charge in [0.2, 0.25) is 5.89 Å². The number of nitrogens with zero attached hydrogens (tertiary/aromatic N) is 4. The lowest BCUT2D eigenvalue weighted by molar-refractivity contribution is 0.190. The van der Waals surface area contributed by atoms with Crippen molar-refractivity contribution in [3.8, 4) is 11.3 Å². The number of nitrogens with one attached hydrogen (secondary N) is 1. The van der Waals surface area contributed by atoms with E-state index in [1.807, 2.05) is 12.1 Å². The average Bonchev–Trinajstić information content (AvgIpc) is 3.30. The van der Waals surface area contributed by atoms with E-state index in [0.717, 1.165) is 36.8 Å². The molecule has 1 N–H and O–H groups in total. The molecular formula is C19H23N5O2. The number of rotatable bonds is 5. The number of hydrogen-bond donors (Lipinski definition) is 1. The second-order valence-corrected chi connectivity index (χ2v) is 6.73. The van der Waals surface area contributed by atoms with E-state index < -0.39 is 0 Å². The van der Waals surface area contributed by atoms with Crippen LogP contribution in [0.4, 0.5) is 0 Å². The summed E-state index contributed by atoms with van der Waals surface area (Å²) < 4.78 is 11.3. The fraction of sp³-hybridized carbons (Fsp3) is 0.421. The van der Waals surface area contributed by atoms with Crippen LogP contribution in [0.25, 0.3) is 11.3 Å². The fourth-order valence-corrected chi connectivity index (χ4v) is 3.09. The lowest BCUT2D eigenvalue weighted by Gasteiger charge is -2.30. The Bertz CT molecular complexity index is 855. The predicted molar refractivity (Wildman–Crippen MR) is 96.6 cm³/mol. The zero-order valence-electron chi connectivity index (χ0n) is 15.1. The van der Waals surface area contributed by atoms with Gasteiger partial charge in [-0.25, -0.2) is 4.98 Å². The van der Waals surface area contributed by atoms with E-state index in [2.05, 4.69) is 51.4 Å². The molecule has 1 saturated heterocycles. The smallest absolute Gasteiger partial charge is 0.227 e. The summed E-state index contributed by atoms with van der Waals surface area (Å²) >= 11 is 0. The minimum absolute atomic E-state index is 0.163. The summed E-state index contributed by atoms with van der Waals surface area (Å²) in [6, 6.07) is 8.37. The first-order valence-electron chi connectivity index (χ1n) is 8.94. The zero-order valence-corrected chi connectivity index (χ0v) is 15.1. The first kappa shape index (κ1) is 16.9. The lowest BCUT2D eigenvalue weighted by atomic mass is 10.1. The van der Waals surface area contributed by atoms with Crippen LogP contribution in [0.3, 0.4) is 0 Å². The third-order valence-corrected chi connectivity index (χ3v) is 4.74. The van der Waals surface area contributed by atoms with Crippen LogP contribution in [0.15, 0.2) is 39.4 Å². The first-order valence-corrected chi connectivity index (χ1v) is 8.94. The van der Waals surface area contributed by atoms with Crippen molar-refractivity contribution in [1.29, 1.82) is 0 Å². The molecule has 0 bridgehead atoms. The van der Waals surface area contributed by atoms with Gasteiger partial charge in [0.1, 0.15) is 0 Å². The normalized spacial score (nSPS) is 18.3. The number of oxazole rings is 1. The number of piperazine rings is 1. The van der Waals surface area contributed by atoms with Gasteiger partial charge >= 0.3 is 0 Å². The van der Waals surface area contributed by atoms with E-state index in [9.17, 15) is 0 Å². The number of aryl methyl sites for hydroxylation is 3. The van der Waals surface area contributed by atoms with Crippen molar-refractivity contribution >= 4 is 0 Å². The Hall–Kier alpha value is -2.51. The quantitative estimate of drug-likeness (QED) is 0.754. The van der Waals surface area contributed by atoms with Crippen LogP contribution in [0.2, 0.25) is 0 Å². The van der Waals surface area contributed by atoms with Gasteiger partial charge in [-0.05, 0) is 14.0 Å². The van der Waals surface area contributed by atoms with Gasteiger partial charge in [-0.3, -0.25) is 4.90 Å². The van der Waals surface area contributed by atoms with Crippen molar-refractivity contribution in [3.05, 3.63) is 53.6 Å². The van der Waals surface area contributed by atoms with Crippen LogP contribution in [0, 0.1) is 6.92 Å². The molecule has 1 aliphatic rings. The van der Waals surface area contributed by atoms with Gasteiger partial charge in [-0.1, -0.05) is 35.0 Å². The standard InChI is InChI=1S/C19H23N5O2/c1-13-3-5-14(6-4-13)16-12-21-17(25-16)7-8-18-22-19(23-26-18)15-11-20-9-10-24(15)2/h3-6,12,15,20H,7-11H2,1-2H3. The Kier molecular flexibility index (Phi) is 4.81. The Labute approximate surface area is 152 Å². The van der Waals surface area contributed by atoms with Crippen LogP contribution < -0.4 is 5.32 Å². The van der Waals surface area contributed by atoms with E-state index in [1.54, 1.807) is 6.20 Å². The van der Waals surface area contributed by atoms with Gasteiger partial charge in [-0.15, -0.1) is 0 Å².